The number of hydrogen-bond donors (Lipinski definition) is 1. The molecule has 0 aliphatic carbocycles. The maximum atomic E-state index is 5.78. The molecule has 1 aliphatic heterocycles. The molecule has 2 N–H and O–H groups in total. The van der Waals surface area contributed by atoms with Crippen LogP contribution in [0.3, 0.4) is 0 Å². The number of aromatic nitrogens is 2. The van der Waals surface area contributed by atoms with Crippen LogP contribution < -0.4 is 5.73 Å². The highest BCUT2D eigenvalue weighted by Gasteiger charge is 2.21. The topological polar surface area (TPSA) is 58.3 Å². The van der Waals surface area contributed by atoms with Crippen LogP contribution in [0.25, 0.3) is 0 Å². The molecule has 84 valence electrons. The van der Waals surface area contributed by atoms with Crippen molar-refractivity contribution in [3.8, 4) is 0 Å². The van der Waals surface area contributed by atoms with Gasteiger partial charge in [-0.25, -0.2) is 0 Å². The van der Waals surface area contributed by atoms with E-state index in [2.05, 4.69) is 33.4 Å². The molecule has 0 amide bonds. The van der Waals surface area contributed by atoms with Gasteiger partial charge in [0.1, 0.15) is 10.7 Å². The highest BCUT2D eigenvalue weighted by molar-refractivity contribution is 7.09. The average Bonchev–Trinajstić information content (AvgIpc) is 2.59. The lowest BCUT2D eigenvalue weighted by molar-refractivity contribution is 0.0992. The molecular formula is C9H17N5S. The number of nitrogens with zero attached hydrogens (tertiary/aromatic N) is 4. The number of anilines is 1. The quantitative estimate of drug-likeness (QED) is 0.785. The Kier molecular flexibility index (Phi) is 3.18. The minimum Gasteiger partial charge on any atom is -0.388 e. The van der Waals surface area contributed by atoms with Gasteiger partial charge < -0.3 is 10.6 Å². The third-order valence-electron chi connectivity index (χ3n) is 3.00. The molecule has 0 spiro atoms. The molecule has 15 heavy (non-hydrogen) atoms. The van der Waals surface area contributed by atoms with Crippen molar-refractivity contribution in [3.63, 3.8) is 0 Å². The fourth-order valence-corrected chi connectivity index (χ4v) is 2.24. The van der Waals surface area contributed by atoms with Crippen molar-refractivity contribution >= 4 is 16.5 Å². The predicted molar refractivity (Wildman–Crippen MR) is 61.7 cm³/mol. The molecule has 0 saturated carbocycles. The number of nitrogens with two attached hydrogens (primary N) is 1. The number of rotatable bonds is 2. The Balaban J connectivity index is 1.94. The van der Waals surface area contributed by atoms with Crippen molar-refractivity contribution in [2.45, 2.75) is 19.5 Å². The molecule has 1 fully saturated rings. The van der Waals surface area contributed by atoms with Crippen LogP contribution >= 0.6 is 11.5 Å². The fourth-order valence-electron chi connectivity index (χ4n) is 1.80. The summed E-state index contributed by atoms with van der Waals surface area (Å²) in [6, 6.07) is 0.603. The van der Waals surface area contributed by atoms with Gasteiger partial charge in [-0.15, -0.1) is 5.10 Å². The third kappa shape index (κ3) is 2.45. The Morgan fingerprint density at radius 3 is 2.93 bits per heavy atom. The lowest BCUT2D eigenvalue weighted by Gasteiger charge is -2.37. The number of hydrogen-bond acceptors (Lipinski definition) is 6. The molecule has 6 heteroatoms. The minimum absolute atomic E-state index is 0.603. The molecule has 0 radical (unpaired) electrons. The molecule has 0 bridgehead atoms. The van der Waals surface area contributed by atoms with Crippen LogP contribution in [0.15, 0.2) is 0 Å². The molecule has 0 aromatic carbocycles. The Morgan fingerprint density at radius 2 is 2.33 bits per heavy atom. The first-order valence-corrected chi connectivity index (χ1v) is 5.93. The van der Waals surface area contributed by atoms with E-state index in [9.17, 15) is 0 Å². The van der Waals surface area contributed by atoms with Crippen LogP contribution in [0, 0.1) is 0 Å². The standard InChI is InChI=1S/C9H17N5S/c1-7-5-14(4-3-13(7)2)6-8-9(10)15-12-11-8/h7H,3-6,10H2,1-2H3. The summed E-state index contributed by atoms with van der Waals surface area (Å²) in [5.74, 6) is 0. The van der Waals surface area contributed by atoms with Gasteiger partial charge in [-0.05, 0) is 14.0 Å². The summed E-state index contributed by atoms with van der Waals surface area (Å²) in [7, 11) is 2.17. The molecule has 1 aromatic rings. The molecule has 1 unspecified atom stereocenters. The van der Waals surface area contributed by atoms with E-state index < -0.39 is 0 Å². The zero-order valence-electron chi connectivity index (χ0n) is 9.18. The molecule has 2 heterocycles. The summed E-state index contributed by atoms with van der Waals surface area (Å²) in [6.45, 7) is 6.35. The smallest absolute Gasteiger partial charge is 0.132 e. The third-order valence-corrected chi connectivity index (χ3v) is 3.60. The fraction of sp³-hybridized carbons (Fsp3) is 0.778. The first-order chi connectivity index (χ1) is 7.16. The van der Waals surface area contributed by atoms with Crippen LogP contribution in [0.1, 0.15) is 12.6 Å². The summed E-state index contributed by atoms with van der Waals surface area (Å²) in [6.07, 6.45) is 0. The zero-order chi connectivity index (χ0) is 10.8. The summed E-state index contributed by atoms with van der Waals surface area (Å²) in [5.41, 5.74) is 6.70. The summed E-state index contributed by atoms with van der Waals surface area (Å²) in [4.78, 5) is 4.76. The van der Waals surface area contributed by atoms with Crippen molar-refractivity contribution in [2.75, 3.05) is 32.4 Å². The van der Waals surface area contributed by atoms with E-state index in [-0.39, 0.29) is 0 Å². The molecular weight excluding hydrogens is 210 g/mol. The van der Waals surface area contributed by atoms with Gasteiger partial charge in [-0.2, -0.15) is 0 Å². The number of piperazine rings is 1. The van der Waals surface area contributed by atoms with E-state index in [1.165, 1.54) is 11.5 Å². The monoisotopic (exact) mass is 227 g/mol. The molecule has 1 saturated heterocycles. The van der Waals surface area contributed by atoms with Crippen molar-refractivity contribution in [1.82, 2.24) is 19.4 Å². The number of nitrogen functional groups attached to an aromatic ring is 1. The molecule has 5 nitrogen and oxygen atoms in total. The van der Waals surface area contributed by atoms with Crippen molar-refractivity contribution in [3.05, 3.63) is 5.69 Å². The first-order valence-electron chi connectivity index (χ1n) is 5.16. The Labute approximate surface area is 94.0 Å². The van der Waals surface area contributed by atoms with Gasteiger partial charge in [0.15, 0.2) is 0 Å². The van der Waals surface area contributed by atoms with E-state index in [1.54, 1.807) is 0 Å². The van der Waals surface area contributed by atoms with Gasteiger partial charge in [0, 0.05) is 43.8 Å². The lowest BCUT2D eigenvalue weighted by Crippen LogP contribution is -2.49. The maximum Gasteiger partial charge on any atom is 0.132 e. The second kappa shape index (κ2) is 4.42. The summed E-state index contributed by atoms with van der Waals surface area (Å²) >= 11 is 1.27. The lowest BCUT2D eigenvalue weighted by atomic mass is 10.2. The van der Waals surface area contributed by atoms with Gasteiger partial charge in [-0.1, -0.05) is 4.49 Å². The van der Waals surface area contributed by atoms with Gasteiger partial charge in [0.05, 0.1) is 0 Å². The zero-order valence-corrected chi connectivity index (χ0v) is 10.00. The van der Waals surface area contributed by atoms with Gasteiger partial charge in [-0.3, -0.25) is 4.90 Å². The van der Waals surface area contributed by atoms with Crippen LogP contribution in [0.4, 0.5) is 5.00 Å². The predicted octanol–water partition coefficient (Wildman–Crippen LogP) is 0.256. The van der Waals surface area contributed by atoms with E-state index in [1.807, 2.05) is 0 Å². The van der Waals surface area contributed by atoms with Gasteiger partial charge in [0.25, 0.3) is 0 Å². The normalized spacial score (nSPS) is 24.5. The molecule has 1 atom stereocenters. The maximum absolute atomic E-state index is 5.78. The van der Waals surface area contributed by atoms with E-state index in [0.29, 0.717) is 6.04 Å². The van der Waals surface area contributed by atoms with Crippen LogP contribution in [-0.2, 0) is 6.54 Å². The largest absolute Gasteiger partial charge is 0.388 e. The van der Waals surface area contributed by atoms with Gasteiger partial charge in [0.2, 0.25) is 0 Å². The van der Waals surface area contributed by atoms with Crippen molar-refractivity contribution < 1.29 is 0 Å². The van der Waals surface area contributed by atoms with E-state index in [4.69, 9.17) is 5.73 Å². The van der Waals surface area contributed by atoms with Crippen LogP contribution in [-0.4, -0.2) is 52.1 Å². The van der Waals surface area contributed by atoms with E-state index >= 15 is 0 Å². The van der Waals surface area contributed by atoms with Gasteiger partial charge >= 0.3 is 0 Å². The minimum atomic E-state index is 0.603. The molecule has 1 aliphatic rings. The van der Waals surface area contributed by atoms with Crippen molar-refractivity contribution in [1.29, 1.82) is 0 Å². The summed E-state index contributed by atoms with van der Waals surface area (Å²) < 4.78 is 3.85. The van der Waals surface area contributed by atoms with Crippen LogP contribution in [0.2, 0.25) is 0 Å². The second-order valence-electron chi connectivity index (χ2n) is 4.15. The van der Waals surface area contributed by atoms with E-state index in [0.717, 1.165) is 36.9 Å². The Morgan fingerprint density at radius 1 is 1.53 bits per heavy atom. The summed E-state index contributed by atoms with van der Waals surface area (Å²) in [5, 5.41) is 4.79. The first kappa shape index (κ1) is 10.8. The highest BCUT2D eigenvalue weighted by atomic mass is 32.1. The molecule has 2 rings (SSSR count). The highest BCUT2D eigenvalue weighted by Crippen LogP contribution is 2.16. The van der Waals surface area contributed by atoms with Crippen LogP contribution in [0.5, 0.6) is 0 Å². The Bertz CT molecular complexity index is 326. The van der Waals surface area contributed by atoms with Crippen molar-refractivity contribution in [2.24, 2.45) is 0 Å². The molecule has 1 aromatic heterocycles. The Hall–Kier alpha value is -0.720. The second-order valence-corrected chi connectivity index (χ2v) is 4.93. The number of likely N-dealkylation sites (N-methyl/N-ethyl adjacent to an activating group) is 1. The SMILES string of the molecule is CC1CN(Cc2nnsc2N)CCN1C. The average molecular weight is 227 g/mol.